The van der Waals surface area contributed by atoms with Gasteiger partial charge in [-0.1, -0.05) is 148 Å². The standard InChI is InChI=1S/2C18H35N.H2O8S2/c2*1-2-3-4-5-6-7-8-9-10-11-12-13-14-15-16-17-18-19;1-9(2,3)7-8-10(4,5)6/h2*6-7,9-10H,2-5,8,11-19H2,1H3;(H,1,2,3)(H,4,5,6)/b2*7-6-,10-9-;. The van der Waals surface area contributed by atoms with Crippen LogP contribution in [0.2, 0.25) is 0 Å². The van der Waals surface area contributed by atoms with Gasteiger partial charge < -0.3 is 11.5 Å². The smallest absolute Gasteiger partial charge is 0.330 e. The fourth-order valence-corrected chi connectivity index (χ4v) is 4.90. The topological polar surface area (TPSA) is 179 Å². The van der Waals surface area contributed by atoms with E-state index in [1.54, 1.807) is 0 Å². The van der Waals surface area contributed by atoms with Crippen molar-refractivity contribution in [2.75, 3.05) is 13.1 Å². The summed E-state index contributed by atoms with van der Waals surface area (Å²) < 4.78 is 58.9. The number of rotatable bonds is 31. The number of hydrogen-bond donors (Lipinski definition) is 4. The van der Waals surface area contributed by atoms with Gasteiger partial charge in [-0.05, 0) is 90.1 Å². The van der Waals surface area contributed by atoms with Crippen molar-refractivity contribution in [3.05, 3.63) is 48.6 Å². The lowest BCUT2D eigenvalue weighted by Crippen LogP contribution is -2.10. The first-order valence-electron chi connectivity index (χ1n) is 18.4. The second-order valence-electron chi connectivity index (χ2n) is 11.7. The molecule has 48 heavy (non-hydrogen) atoms. The Kier molecular flexibility index (Phi) is 44.4. The molecule has 0 unspecified atom stereocenters. The third-order valence-electron chi connectivity index (χ3n) is 7.01. The first-order chi connectivity index (χ1) is 23.0. The van der Waals surface area contributed by atoms with Crippen molar-refractivity contribution in [1.82, 2.24) is 0 Å². The largest absolute Gasteiger partial charge is 0.425 e. The van der Waals surface area contributed by atoms with Crippen molar-refractivity contribution in [3.63, 3.8) is 0 Å². The summed E-state index contributed by atoms with van der Waals surface area (Å²) in [6.07, 6.45) is 49.8. The Hall–Kier alpha value is -1.38. The lowest BCUT2D eigenvalue weighted by atomic mass is 10.1. The highest BCUT2D eigenvalue weighted by Gasteiger charge is 2.13. The maximum Gasteiger partial charge on any atom is 0.425 e. The van der Waals surface area contributed by atoms with Gasteiger partial charge in [0.2, 0.25) is 0 Å². The van der Waals surface area contributed by atoms with Crippen LogP contribution >= 0.6 is 0 Å². The minimum absolute atomic E-state index is 0.856. The molecule has 0 saturated heterocycles. The molecule has 0 saturated carbocycles. The summed E-state index contributed by atoms with van der Waals surface area (Å²) in [5.41, 5.74) is 10.9. The maximum atomic E-state index is 9.51. The fourth-order valence-electron chi connectivity index (χ4n) is 4.34. The molecule has 0 bridgehead atoms. The predicted octanol–water partition coefficient (Wildman–Crippen LogP) is 10.1. The quantitative estimate of drug-likeness (QED) is 0.0177. The van der Waals surface area contributed by atoms with E-state index in [1.807, 2.05) is 0 Å². The van der Waals surface area contributed by atoms with E-state index in [0.29, 0.717) is 0 Å². The van der Waals surface area contributed by atoms with Crippen molar-refractivity contribution in [2.24, 2.45) is 11.5 Å². The molecule has 0 rings (SSSR count). The van der Waals surface area contributed by atoms with Gasteiger partial charge in [0.1, 0.15) is 0 Å². The summed E-state index contributed by atoms with van der Waals surface area (Å²) in [5, 5.41) is 0. The van der Waals surface area contributed by atoms with Crippen LogP contribution < -0.4 is 11.5 Å². The molecule has 6 N–H and O–H groups in total. The molecule has 0 aromatic carbocycles. The maximum absolute atomic E-state index is 9.51. The average Bonchev–Trinajstić information content (AvgIpc) is 3.04. The molecule has 10 nitrogen and oxygen atoms in total. The molecule has 12 heteroatoms. The molecule has 0 heterocycles. The monoisotopic (exact) mass is 724 g/mol. The van der Waals surface area contributed by atoms with Gasteiger partial charge >= 0.3 is 20.8 Å². The molecule has 0 aliphatic rings. The van der Waals surface area contributed by atoms with Crippen LogP contribution in [-0.2, 0) is 29.5 Å². The van der Waals surface area contributed by atoms with Gasteiger partial charge in [-0.25, -0.2) is 0 Å². The van der Waals surface area contributed by atoms with E-state index in [4.69, 9.17) is 20.6 Å². The number of unbranched alkanes of at least 4 members (excludes halogenated alkanes) is 18. The van der Waals surface area contributed by atoms with Crippen LogP contribution in [0.5, 0.6) is 0 Å². The van der Waals surface area contributed by atoms with E-state index in [2.05, 4.69) is 71.1 Å². The highest BCUT2D eigenvalue weighted by atomic mass is 32.3. The zero-order chi connectivity index (χ0) is 36.5. The molecule has 286 valence electrons. The van der Waals surface area contributed by atoms with Gasteiger partial charge in [0.15, 0.2) is 0 Å². The number of hydrogen-bond acceptors (Lipinski definition) is 8. The van der Waals surface area contributed by atoms with Gasteiger partial charge in [0, 0.05) is 0 Å². The lowest BCUT2D eigenvalue weighted by Gasteiger charge is -1.98. The molecule has 0 aliphatic carbocycles. The Bertz CT molecular complexity index is 888. The van der Waals surface area contributed by atoms with Crippen LogP contribution in [0.3, 0.4) is 0 Å². The molecule has 0 fully saturated rings. The van der Waals surface area contributed by atoms with Gasteiger partial charge in [-0.15, -0.1) is 0 Å². The SMILES string of the molecule is CCCCC/C=C\C/C=C\CCCCCCCCN.CCCCC/C=C\C/C=C\CCCCCCCCN.O=S(=O)(O)OOS(=O)(=O)O. The van der Waals surface area contributed by atoms with E-state index >= 15 is 0 Å². The third-order valence-corrected chi connectivity index (χ3v) is 7.58. The Balaban J connectivity index is -0.000000665. The molecular weight excluding hydrogens is 653 g/mol. The van der Waals surface area contributed by atoms with Crippen LogP contribution in [0.15, 0.2) is 48.6 Å². The molecule has 0 aliphatic heterocycles. The third kappa shape index (κ3) is 60.0. The van der Waals surface area contributed by atoms with E-state index in [-0.39, 0.29) is 0 Å². The number of nitrogens with two attached hydrogens (primary N) is 2. The first kappa shape index (κ1) is 51.0. The van der Waals surface area contributed by atoms with Gasteiger partial charge in [0.05, 0.1) is 0 Å². The van der Waals surface area contributed by atoms with Crippen molar-refractivity contribution in [2.45, 2.75) is 168 Å². The van der Waals surface area contributed by atoms with Crippen LogP contribution in [0.25, 0.3) is 0 Å². The van der Waals surface area contributed by atoms with Crippen molar-refractivity contribution < 1.29 is 34.6 Å². The molecule has 0 aromatic heterocycles. The Morgan fingerprint density at radius 2 is 0.667 bits per heavy atom. The van der Waals surface area contributed by atoms with E-state index in [1.165, 1.54) is 141 Å². The summed E-state index contributed by atoms with van der Waals surface area (Å²) in [6.45, 7) is 6.22. The second-order valence-corrected chi connectivity index (χ2v) is 13.7. The number of allylic oxidation sites excluding steroid dienone is 8. The van der Waals surface area contributed by atoms with Gasteiger partial charge in [0.25, 0.3) is 0 Å². The normalized spacial score (nSPS) is 12.2. The van der Waals surface area contributed by atoms with E-state index in [0.717, 1.165) is 25.9 Å². The Labute approximate surface area is 295 Å². The summed E-state index contributed by atoms with van der Waals surface area (Å²) in [6, 6.07) is 0. The lowest BCUT2D eigenvalue weighted by molar-refractivity contribution is -0.105. The Morgan fingerprint density at radius 1 is 0.417 bits per heavy atom. The summed E-state index contributed by atoms with van der Waals surface area (Å²) >= 11 is 0. The van der Waals surface area contributed by atoms with Crippen molar-refractivity contribution >= 4 is 20.8 Å². The molecule has 0 radical (unpaired) electrons. The zero-order valence-corrected chi connectivity index (χ0v) is 32.0. The molecule has 0 spiro atoms. The summed E-state index contributed by atoms with van der Waals surface area (Å²) in [7, 11) is -10.0. The molecular formula is C36H72N2O8S2. The van der Waals surface area contributed by atoms with Crippen LogP contribution in [0.1, 0.15) is 168 Å². The summed E-state index contributed by atoms with van der Waals surface area (Å²) in [5.74, 6) is 0. The minimum atomic E-state index is -5.02. The summed E-state index contributed by atoms with van der Waals surface area (Å²) in [4.78, 5) is 0. The van der Waals surface area contributed by atoms with Crippen LogP contribution in [-0.4, -0.2) is 39.0 Å². The first-order valence-corrected chi connectivity index (χ1v) is 21.1. The second kappa shape index (κ2) is 41.8. The van der Waals surface area contributed by atoms with Crippen LogP contribution in [0, 0.1) is 0 Å². The van der Waals surface area contributed by atoms with Gasteiger partial charge in [-0.3, -0.25) is 9.11 Å². The molecule has 0 atom stereocenters. The molecule has 0 aromatic rings. The minimum Gasteiger partial charge on any atom is -0.330 e. The van der Waals surface area contributed by atoms with Crippen LogP contribution in [0.4, 0.5) is 0 Å². The fraction of sp³-hybridized carbons (Fsp3) is 0.778. The molecule has 0 amide bonds. The highest BCUT2D eigenvalue weighted by Crippen LogP contribution is 2.09. The van der Waals surface area contributed by atoms with E-state index < -0.39 is 20.8 Å². The zero-order valence-electron chi connectivity index (χ0n) is 30.3. The highest BCUT2D eigenvalue weighted by molar-refractivity contribution is 7.83. The predicted molar refractivity (Wildman–Crippen MR) is 202 cm³/mol. The average molecular weight is 725 g/mol. The van der Waals surface area contributed by atoms with Crippen molar-refractivity contribution in [1.29, 1.82) is 0 Å². The van der Waals surface area contributed by atoms with Gasteiger partial charge in [-0.2, -0.15) is 16.8 Å². The van der Waals surface area contributed by atoms with E-state index in [9.17, 15) is 16.8 Å². The Morgan fingerprint density at radius 3 is 0.917 bits per heavy atom. The van der Waals surface area contributed by atoms with Crippen molar-refractivity contribution in [3.8, 4) is 0 Å².